The molecule has 0 bridgehead atoms. The summed E-state index contributed by atoms with van der Waals surface area (Å²) in [4.78, 5) is 8.96. The van der Waals surface area contributed by atoms with Crippen molar-refractivity contribution in [3.05, 3.63) is 52.7 Å². The van der Waals surface area contributed by atoms with Gasteiger partial charge in [-0.15, -0.1) is 24.0 Å². The van der Waals surface area contributed by atoms with E-state index >= 15 is 0 Å². The van der Waals surface area contributed by atoms with E-state index in [1.165, 1.54) is 11.1 Å². The maximum Gasteiger partial charge on any atom is 0.216 e. The first-order valence-electron chi connectivity index (χ1n) is 8.84. The molecule has 144 valence electrons. The second-order valence-electron chi connectivity index (χ2n) is 7.05. The first kappa shape index (κ1) is 22.5. The summed E-state index contributed by atoms with van der Waals surface area (Å²) in [5.74, 6) is 2.27. The summed E-state index contributed by atoms with van der Waals surface area (Å²) in [6, 6.07) is 8.70. The van der Waals surface area contributed by atoms with Gasteiger partial charge in [-0.1, -0.05) is 43.7 Å². The zero-order valence-electron chi connectivity index (χ0n) is 16.6. The summed E-state index contributed by atoms with van der Waals surface area (Å²) in [5.41, 5.74) is 3.50. The van der Waals surface area contributed by atoms with Crippen LogP contribution in [0.1, 0.15) is 49.2 Å². The van der Waals surface area contributed by atoms with E-state index in [1.807, 2.05) is 13.8 Å². The highest BCUT2D eigenvalue weighted by molar-refractivity contribution is 14.0. The molecule has 0 radical (unpaired) electrons. The lowest BCUT2D eigenvalue weighted by molar-refractivity contribution is 0.471. The van der Waals surface area contributed by atoms with Crippen LogP contribution in [0.25, 0.3) is 0 Å². The van der Waals surface area contributed by atoms with Crippen molar-refractivity contribution in [3.8, 4) is 0 Å². The largest absolute Gasteiger partial charge is 0.444 e. The van der Waals surface area contributed by atoms with Gasteiger partial charge in [-0.3, -0.25) is 0 Å². The third kappa shape index (κ3) is 6.30. The van der Waals surface area contributed by atoms with Crippen molar-refractivity contribution in [1.82, 2.24) is 15.6 Å². The van der Waals surface area contributed by atoms with E-state index < -0.39 is 0 Å². The van der Waals surface area contributed by atoms with Gasteiger partial charge < -0.3 is 15.1 Å². The minimum atomic E-state index is -0.000000367. The van der Waals surface area contributed by atoms with E-state index in [1.54, 1.807) is 0 Å². The monoisotopic (exact) mass is 470 g/mol. The molecular formula is C20H31IN4O. The topological polar surface area (TPSA) is 62.5 Å². The number of halogens is 1. The minimum absolute atomic E-state index is 0. The highest BCUT2D eigenvalue weighted by Gasteiger charge is 2.20. The van der Waals surface area contributed by atoms with E-state index in [0.29, 0.717) is 12.4 Å². The molecule has 0 fully saturated rings. The van der Waals surface area contributed by atoms with Crippen molar-refractivity contribution in [3.63, 3.8) is 0 Å². The third-order valence-corrected chi connectivity index (χ3v) is 4.32. The van der Waals surface area contributed by atoms with Crippen LogP contribution in [0.4, 0.5) is 0 Å². The van der Waals surface area contributed by atoms with Crippen LogP contribution in [0.2, 0.25) is 0 Å². The molecule has 0 spiro atoms. The molecule has 0 aliphatic carbocycles. The number of hydrogen-bond acceptors (Lipinski definition) is 3. The molecule has 0 saturated carbocycles. The van der Waals surface area contributed by atoms with Crippen LogP contribution in [0.15, 0.2) is 33.7 Å². The Morgan fingerprint density at radius 1 is 1.12 bits per heavy atom. The van der Waals surface area contributed by atoms with Gasteiger partial charge in [0.2, 0.25) is 5.89 Å². The lowest BCUT2D eigenvalue weighted by Gasteiger charge is -2.27. The molecular weight excluding hydrogens is 439 g/mol. The molecule has 5 nitrogen and oxygen atoms in total. The van der Waals surface area contributed by atoms with Gasteiger partial charge in [0.05, 0.1) is 5.69 Å². The van der Waals surface area contributed by atoms with Gasteiger partial charge in [0.15, 0.2) is 5.96 Å². The number of oxazole rings is 1. The van der Waals surface area contributed by atoms with Crippen molar-refractivity contribution in [2.24, 2.45) is 4.99 Å². The van der Waals surface area contributed by atoms with E-state index in [4.69, 9.17) is 4.42 Å². The number of nitrogens with one attached hydrogen (secondary N) is 2. The molecule has 2 rings (SSSR count). The highest BCUT2D eigenvalue weighted by Crippen LogP contribution is 2.22. The second-order valence-corrected chi connectivity index (χ2v) is 7.05. The number of aromatic nitrogens is 1. The summed E-state index contributed by atoms with van der Waals surface area (Å²) < 4.78 is 5.60. The number of rotatable bonds is 6. The van der Waals surface area contributed by atoms with Gasteiger partial charge in [-0.05, 0) is 33.3 Å². The normalized spacial score (nSPS) is 11.8. The van der Waals surface area contributed by atoms with Crippen molar-refractivity contribution in [1.29, 1.82) is 0 Å². The van der Waals surface area contributed by atoms with Crippen molar-refractivity contribution >= 4 is 29.9 Å². The van der Waals surface area contributed by atoms with E-state index in [2.05, 4.69) is 72.6 Å². The van der Waals surface area contributed by atoms with Crippen molar-refractivity contribution in [2.45, 2.75) is 53.5 Å². The molecule has 1 aromatic carbocycles. The Balaban J connectivity index is 0.00000338. The zero-order valence-corrected chi connectivity index (χ0v) is 19.0. The standard InChI is InChI=1S/C20H30N4O.HI/c1-7-21-19(22-12-18-24-15(3)16(4)25-18)23-13-20(5,6)17-10-8-14(2)9-11-17;/h8-11H,7,12-13H2,1-6H3,(H2,21,22,23);1H. The number of guanidine groups is 1. The SMILES string of the molecule is CCNC(=NCc1nc(C)c(C)o1)NCC(C)(C)c1ccc(C)cc1.I. The van der Waals surface area contributed by atoms with E-state index in [0.717, 1.165) is 30.5 Å². The Morgan fingerprint density at radius 2 is 1.77 bits per heavy atom. The van der Waals surface area contributed by atoms with E-state index in [-0.39, 0.29) is 29.4 Å². The Bertz CT molecular complexity index is 700. The Morgan fingerprint density at radius 3 is 2.31 bits per heavy atom. The second kappa shape index (κ2) is 9.94. The minimum Gasteiger partial charge on any atom is -0.444 e. The molecule has 1 aromatic heterocycles. The Hall–Kier alpha value is -1.57. The molecule has 0 unspecified atom stereocenters. The molecule has 0 aliphatic rings. The Labute approximate surface area is 174 Å². The quantitative estimate of drug-likeness (QED) is 0.377. The van der Waals surface area contributed by atoms with Gasteiger partial charge in [-0.2, -0.15) is 0 Å². The molecule has 0 amide bonds. The van der Waals surface area contributed by atoms with Crippen LogP contribution < -0.4 is 10.6 Å². The van der Waals surface area contributed by atoms with Gasteiger partial charge in [0.25, 0.3) is 0 Å². The van der Waals surface area contributed by atoms with Crippen molar-refractivity contribution in [2.75, 3.05) is 13.1 Å². The lowest BCUT2D eigenvalue weighted by atomic mass is 9.84. The summed E-state index contributed by atoms with van der Waals surface area (Å²) >= 11 is 0. The first-order valence-corrected chi connectivity index (χ1v) is 8.84. The average Bonchev–Trinajstić information content (AvgIpc) is 2.89. The fourth-order valence-electron chi connectivity index (χ4n) is 2.51. The fraction of sp³-hybridized carbons (Fsp3) is 0.500. The maximum atomic E-state index is 5.60. The Kier molecular flexibility index (Phi) is 8.59. The summed E-state index contributed by atoms with van der Waals surface area (Å²) in [6.07, 6.45) is 0. The molecule has 0 aliphatic heterocycles. The lowest BCUT2D eigenvalue weighted by Crippen LogP contribution is -2.43. The smallest absolute Gasteiger partial charge is 0.216 e. The van der Waals surface area contributed by atoms with Crippen LogP contribution in [0.5, 0.6) is 0 Å². The van der Waals surface area contributed by atoms with Gasteiger partial charge in [0.1, 0.15) is 12.3 Å². The summed E-state index contributed by atoms with van der Waals surface area (Å²) in [7, 11) is 0. The van der Waals surface area contributed by atoms with Crippen LogP contribution in [0.3, 0.4) is 0 Å². The summed E-state index contributed by atoms with van der Waals surface area (Å²) in [6.45, 7) is 14.5. The predicted molar refractivity (Wildman–Crippen MR) is 118 cm³/mol. The number of aliphatic imine (C=N–C) groups is 1. The van der Waals surface area contributed by atoms with Crippen LogP contribution in [0, 0.1) is 20.8 Å². The van der Waals surface area contributed by atoms with Crippen LogP contribution in [-0.4, -0.2) is 24.0 Å². The predicted octanol–water partition coefficient (Wildman–Crippen LogP) is 4.25. The molecule has 1 heterocycles. The third-order valence-electron chi connectivity index (χ3n) is 4.32. The number of aryl methyl sites for hydroxylation is 3. The molecule has 0 saturated heterocycles. The van der Waals surface area contributed by atoms with Gasteiger partial charge in [0, 0.05) is 18.5 Å². The molecule has 2 aromatic rings. The van der Waals surface area contributed by atoms with Crippen LogP contribution in [-0.2, 0) is 12.0 Å². The first-order chi connectivity index (χ1) is 11.8. The van der Waals surface area contributed by atoms with Crippen LogP contribution >= 0.6 is 24.0 Å². The number of benzene rings is 1. The molecule has 2 N–H and O–H groups in total. The number of hydrogen-bond donors (Lipinski definition) is 2. The molecule has 0 atom stereocenters. The van der Waals surface area contributed by atoms with E-state index in [9.17, 15) is 0 Å². The molecule has 6 heteroatoms. The highest BCUT2D eigenvalue weighted by atomic mass is 127. The fourth-order valence-corrected chi connectivity index (χ4v) is 2.51. The zero-order chi connectivity index (χ0) is 18.4. The average molecular weight is 470 g/mol. The van der Waals surface area contributed by atoms with Crippen molar-refractivity contribution < 1.29 is 4.42 Å². The number of nitrogens with zero attached hydrogens (tertiary/aromatic N) is 2. The summed E-state index contributed by atoms with van der Waals surface area (Å²) in [5, 5.41) is 6.71. The maximum absolute atomic E-state index is 5.60. The van der Waals surface area contributed by atoms with Gasteiger partial charge in [-0.25, -0.2) is 9.98 Å². The van der Waals surface area contributed by atoms with Gasteiger partial charge >= 0.3 is 0 Å². The molecule has 26 heavy (non-hydrogen) atoms.